The van der Waals surface area contributed by atoms with Crippen LogP contribution in [-0.2, 0) is 4.74 Å². The fraction of sp³-hybridized carbons (Fsp3) is 0.462. The molecule has 8 heteroatoms. The van der Waals surface area contributed by atoms with Gasteiger partial charge in [-0.05, 0) is 6.92 Å². The maximum Gasteiger partial charge on any atom is 0.286 e. The topological polar surface area (TPSA) is 99.9 Å². The summed E-state index contributed by atoms with van der Waals surface area (Å²) in [6.45, 7) is 2.03. The monoisotopic (exact) mass is 298 g/mol. The van der Waals surface area contributed by atoms with Crippen LogP contribution in [0.4, 0.5) is 5.69 Å². The van der Waals surface area contributed by atoms with Crippen molar-refractivity contribution in [1.82, 2.24) is 5.32 Å². The molecule has 1 atom stereocenters. The zero-order valence-corrected chi connectivity index (χ0v) is 12.3. The molecule has 0 saturated carbocycles. The normalized spacial score (nSPS) is 11.6. The fourth-order valence-corrected chi connectivity index (χ4v) is 1.79. The molecule has 0 heterocycles. The molecule has 0 spiro atoms. The third-order valence-electron chi connectivity index (χ3n) is 2.74. The molecule has 21 heavy (non-hydrogen) atoms. The number of hydrogen-bond acceptors (Lipinski definition) is 6. The Morgan fingerprint density at radius 1 is 1.29 bits per heavy atom. The zero-order chi connectivity index (χ0) is 16.0. The van der Waals surface area contributed by atoms with Crippen molar-refractivity contribution in [3.05, 3.63) is 27.8 Å². The predicted octanol–water partition coefficient (Wildman–Crippen LogP) is 1.38. The van der Waals surface area contributed by atoms with Crippen molar-refractivity contribution in [2.45, 2.75) is 13.0 Å². The van der Waals surface area contributed by atoms with E-state index in [-0.39, 0.29) is 28.8 Å². The summed E-state index contributed by atoms with van der Waals surface area (Å²) in [7, 11) is 4.25. The van der Waals surface area contributed by atoms with Gasteiger partial charge in [-0.25, -0.2) is 0 Å². The number of hydrogen-bond donors (Lipinski definition) is 1. The van der Waals surface area contributed by atoms with Gasteiger partial charge in [-0.1, -0.05) is 0 Å². The molecule has 1 unspecified atom stereocenters. The van der Waals surface area contributed by atoms with Gasteiger partial charge < -0.3 is 19.5 Å². The number of carbonyl (C=O) groups is 1. The maximum atomic E-state index is 12.2. The molecule has 0 bridgehead atoms. The minimum Gasteiger partial charge on any atom is -0.493 e. The van der Waals surface area contributed by atoms with Gasteiger partial charge >= 0.3 is 0 Å². The van der Waals surface area contributed by atoms with Crippen LogP contribution in [0.1, 0.15) is 17.3 Å². The highest BCUT2D eigenvalue weighted by Gasteiger charge is 2.25. The van der Waals surface area contributed by atoms with Crippen LogP contribution in [0.25, 0.3) is 0 Å². The van der Waals surface area contributed by atoms with Gasteiger partial charge in [-0.2, -0.15) is 0 Å². The van der Waals surface area contributed by atoms with Crippen molar-refractivity contribution in [2.24, 2.45) is 0 Å². The summed E-state index contributed by atoms with van der Waals surface area (Å²) in [5, 5.41) is 13.7. The molecule has 0 aliphatic heterocycles. The molecule has 0 aromatic heterocycles. The molecule has 0 saturated heterocycles. The first-order valence-corrected chi connectivity index (χ1v) is 6.14. The van der Waals surface area contributed by atoms with Crippen LogP contribution in [0, 0.1) is 10.1 Å². The van der Waals surface area contributed by atoms with E-state index in [1.807, 2.05) is 0 Å². The number of rotatable bonds is 7. The molecule has 1 rings (SSSR count). The SMILES string of the molecule is COCC(C)NC(=O)c1cc(OC)c(OC)cc1[N+](=O)[O-]. The van der Waals surface area contributed by atoms with Gasteiger partial charge in [0.2, 0.25) is 0 Å². The molecular formula is C13H18N2O6. The van der Waals surface area contributed by atoms with E-state index >= 15 is 0 Å². The zero-order valence-electron chi connectivity index (χ0n) is 12.3. The molecule has 1 aromatic rings. The van der Waals surface area contributed by atoms with E-state index in [4.69, 9.17) is 14.2 Å². The lowest BCUT2D eigenvalue weighted by Crippen LogP contribution is -2.35. The van der Waals surface area contributed by atoms with Crippen molar-refractivity contribution in [3.8, 4) is 11.5 Å². The fourth-order valence-electron chi connectivity index (χ4n) is 1.79. The second-order valence-electron chi connectivity index (χ2n) is 4.31. The van der Waals surface area contributed by atoms with Crippen molar-refractivity contribution in [1.29, 1.82) is 0 Å². The molecule has 8 nitrogen and oxygen atoms in total. The number of benzene rings is 1. The van der Waals surface area contributed by atoms with Crippen molar-refractivity contribution in [3.63, 3.8) is 0 Å². The molecule has 1 amide bonds. The molecule has 0 aliphatic rings. The Balaban J connectivity index is 3.20. The maximum absolute atomic E-state index is 12.2. The molecule has 0 aliphatic carbocycles. The molecule has 116 valence electrons. The van der Waals surface area contributed by atoms with E-state index in [9.17, 15) is 14.9 Å². The summed E-state index contributed by atoms with van der Waals surface area (Å²) in [5.74, 6) is -0.148. The Labute approximate surface area is 122 Å². The number of carbonyl (C=O) groups excluding carboxylic acids is 1. The average molecular weight is 298 g/mol. The third-order valence-corrected chi connectivity index (χ3v) is 2.74. The van der Waals surface area contributed by atoms with Gasteiger partial charge in [0.15, 0.2) is 11.5 Å². The van der Waals surface area contributed by atoms with Gasteiger partial charge in [-0.3, -0.25) is 14.9 Å². The first kappa shape index (κ1) is 16.7. The minimum absolute atomic E-state index is 0.0967. The van der Waals surface area contributed by atoms with Gasteiger partial charge in [0.1, 0.15) is 5.56 Å². The number of nitro benzene ring substituents is 1. The van der Waals surface area contributed by atoms with E-state index in [2.05, 4.69) is 5.32 Å². The number of nitrogens with zero attached hydrogens (tertiary/aromatic N) is 1. The van der Waals surface area contributed by atoms with E-state index in [1.165, 1.54) is 27.4 Å². The van der Waals surface area contributed by atoms with Gasteiger partial charge in [0.25, 0.3) is 11.6 Å². The molecule has 1 N–H and O–H groups in total. The Morgan fingerprint density at radius 3 is 2.33 bits per heavy atom. The second-order valence-corrected chi connectivity index (χ2v) is 4.31. The van der Waals surface area contributed by atoms with Gasteiger partial charge in [-0.15, -0.1) is 0 Å². The third kappa shape index (κ3) is 4.06. The van der Waals surface area contributed by atoms with Crippen LogP contribution in [0.15, 0.2) is 12.1 Å². The summed E-state index contributed by atoms with van der Waals surface area (Å²) < 4.78 is 15.0. The summed E-state index contributed by atoms with van der Waals surface area (Å²) in [5.41, 5.74) is -0.449. The summed E-state index contributed by atoms with van der Waals surface area (Å²) in [6.07, 6.45) is 0. The first-order chi connectivity index (χ1) is 9.94. The van der Waals surface area contributed by atoms with Crippen LogP contribution in [0.5, 0.6) is 11.5 Å². The lowest BCUT2D eigenvalue weighted by Gasteiger charge is -2.14. The number of ether oxygens (including phenoxy) is 3. The van der Waals surface area contributed by atoms with Crippen molar-refractivity contribution < 1.29 is 23.9 Å². The van der Waals surface area contributed by atoms with Crippen LogP contribution in [-0.4, -0.2) is 44.8 Å². The van der Waals surface area contributed by atoms with E-state index < -0.39 is 10.8 Å². The summed E-state index contributed by atoms with van der Waals surface area (Å²) in [4.78, 5) is 22.6. The van der Waals surface area contributed by atoms with E-state index in [1.54, 1.807) is 6.92 Å². The Hall–Kier alpha value is -2.35. The van der Waals surface area contributed by atoms with Crippen LogP contribution < -0.4 is 14.8 Å². The highest BCUT2D eigenvalue weighted by Crippen LogP contribution is 2.34. The molecule has 0 radical (unpaired) electrons. The quantitative estimate of drug-likeness (QED) is 0.603. The predicted molar refractivity (Wildman–Crippen MR) is 75.0 cm³/mol. The number of nitro groups is 1. The Bertz CT molecular complexity index is 532. The van der Waals surface area contributed by atoms with Crippen LogP contribution in [0.3, 0.4) is 0 Å². The second kappa shape index (κ2) is 7.44. The van der Waals surface area contributed by atoms with E-state index in [0.717, 1.165) is 6.07 Å². The summed E-state index contributed by atoms with van der Waals surface area (Å²) >= 11 is 0. The van der Waals surface area contributed by atoms with Crippen LogP contribution in [0.2, 0.25) is 0 Å². The van der Waals surface area contributed by atoms with Crippen molar-refractivity contribution in [2.75, 3.05) is 27.9 Å². The smallest absolute Gasteiger partial charge is 0.286 e. The van der Waals surface area contributed by atoms with E-state index in [0.29, 0.717) is 6.61 Å². The lowest BCUT2D eigenvalue weighted by molar-refractivity contribution is -0.385. The number of nitrogens with one attached hydrogen (secondary N) is 1. The standard InChI is InChI=1S/C13H18N2O6/c1-8(7-19-2)14-13(16)9-5-11(20-3)12(21-4)6-10(9)15(17)18/h5-6,8H,7H2,1-4H3,(H,14,16). The minimum atomic E-state index is -0.641. The average Bonchev–Trinajstić information content (AvgIpc) is 2.45. The molecular weight excluding hydrogens is 280 g/mol. The van der Waals surface area contributed by atoms with Gasteiger partial charge in [0.05, 0.1) is 31.8 Å². The Kier molecular flexibility index (Phi) is 5.92. The molecule has 0 fully saturated rings. The highest BCUT2D eigenvalue weighted by atomic mass is 16.6. The largest absolute Gasteiger partial charge is 0.493 e. The lowest BCUT2D eigenvalue weighted by atomic mass is 10.1. The van der Waals surface area contributed by atoms with Gasteiger partial charge in [0, 0.05) is 19.2 Å². The van der Waals surface area contributed by atoms with Crippen molar-refractivity contribution >= 4 is 11.6 Å². The number of amides is 1. The number of methoxy groups -OCH3 is 3. The Morgan fingerprint density at radius 2 is 1.86 bits per heavy atom. The van der Waals surface area contributed by atoms with Crippen LogP contribution >= 0.6 is 0 Å². The molecule has 1 aromatic carbocycles. The highest BCUT2D eigenvalue weighted by molar-refractivity contribution is 5.99. The first-order valence-electron chi connectivity index (χ1n) is 6.14. The summed E-state index contributed by atoms with van der Waals surface area (Å²) in [6, 6.07) is 2.16.